The lowest BCUT2D eigenvalue weighted by molar-refractivity contribution is -0.150. The van der Waals surface area contributed by atoms with E-state index in [-0.39, 0.29) is 13.2 Å². The summed E-state index contributed by atoms with van der Waals surface area (Å²) in [4.78, 5) is 23.3. The Labute approximate surface area is 150 Å². The van der Waals surface area contributed by atoms with Crippen LogP contribution in [0, 0.1) is 0 Å². The van der Waals surface area contributed by atoms with E-state index in [0.717, 1.165) is 5.56 Å². The number of hydrogen-bond acceptors (Lipinski definition) is 5. The molecule has 0 saturated heterocycles. The molecule has 0 radical (unpaired) electrons. The molecule has 25 heavy (non-hydrogen) atoms. The topological polar surface area (TPSA) is 73.9 Å². The SMILES string of the molecule is COc1ccc(OCC(=O)OCC(=O)NCc2ccc(Cl)cc2)cc1. The summed E-state index contributed by atoms with van der Waals surface area (Å²) < 4.78 is 15.1. The number of esters is 1. The van der Waals surface area contributed by atoms with E-state index in [2.05, 4.69) is 5.32 Å². The number of ether oxygens (including phenoxy) is 3. The van der Waals surface area contributed by atoms with Gasteiger partial charge in [0.05, 0.1) is 7.11 Å². The van der Waals surface area contributed by atoms with E-state index in [1.807, 2.05) is 0 Å². The predicted molar refractivity (Wildman–Crippen MR) is 92.7 cm³/mol. The summed E-state index contributed by atoms with van der Waals surface area (Å²) in [6.45, 7) is -0.314. The highest BCUT2D eigenvalue weighted by Gasteiger charge is 2.08. The molecule has 132 valence electrons. The molecule has 0 atom stereocenters. The van der Waals surface area contributed by atoms with Crippen LogP contribution in [0.25, 0.3) is 0 Å². The predicted octanol–water partition coefficient (Wildman–Crippen LogP) is 2.59. The van der Waals surface area contributed by atoms with Crippen LogP contribution in [0.1, 0.15) is 5.56 Å². The van der Waals surface area contributed by atoms with E-state index in [9.17, 15) is 9.59 Å². The fourth-order valence-corrected chi connectivity index (χ4v) is 1.98. The maximum atomic E-state index is 11.7. The molecule has 0 bridgehead atoms. The van der Waals surface area contributed by atoms with Gasteiger partial charge in [0.2, 0.25) is 0 Å². The van der Waals surface area contributed by atoms with E-state index in [0.29, 0.717) is 23.1 Å². The Kier molecular flexibility index (Phi) is 7.10. The highest BCUT2D eigenvalue weighted by molar-refractivity contribution is 6.30. The van der Waals surface area contributed by atoms with Crippen LogP contribution in [0.3, 0.4) is 0 Å². The highest BCUT2D eigenvalue weighted by atomic mass is 35.5. The van der Waals surface area contributed by atoms with Crippen molar-refractivity contribution in [1.29, 1.82) is 0 Å². The van der Waals surface area contributed by atoms with Gasteiger partial charge in [0.1, 0.15) is 11.5 Å². The normalized spacial score (nSPS) is 10.0. The second-order valence-electron chi connectivity index (χ2n) is 5.03. The number of carbonyl (C=O) groups is 2. The third-order valence-electron chi connectivity index (χ3n) is 3.18. The van der Waals surface area contributed by atoms with Gasteiger partial charge >= 0.3 is 5.97 Å². The number of nitrogens with one attached hydrogen (secondary N) is 1. The molecule has 0 spiro atoms. The van der Waals surface area contributed by atoms with Gasteiger partial charge in [-0.3, -0.25) is 4.79 Å². The number of benzene rings is 2. The van der Waals surface area contributed by atoms with Crippen LogP contribution in [0.15, 0.2) is 48.5 Å². The van der Waals surface area contributed by atoms with Gasteiger partial charge in [0.15, 0.2) is 13.2 Å². The molecule has 2 aromatic rings. The lowest BCUT2D eigenvalue weighted by atomic mass is 10.2. The van der Waals surface area contributed by atoms with Gasteiger partial charge in [0, 0.05) is 11.6 Å². The Morgan fingerprint density at radius 2 is 1.60 bits per heavy atom. The zero-order valence-electron chi connectivity index (χ0n) is 13.7. The number of halogens is 1. The smallest absolute Gasteiger partial charge is 0.344 e. The van der Waals surface area contributed by atoms with Crippen molar-refractivity contribution in [3.8, 4) is 11.5 Å². The van der Waals surface area contributed by atoms with Gasteiger partial charge < -0.3 is 19.5 Å². The van der Waals surface area contributed by atoms with Crippen LogP contribution in [-0.4, -0.2) is 32.2 Å². The summed E-state index contributed by atoms with van der Waals surface area (Å²) in [6.07, 6.45) is 0. The Bertz CT molecular complexity index is 700. The molecule has 1 N–H and O–H groups in total. The van der Waals surface area contributed by atoms with Gasteiger partial charge in [-0.2, -0.15) is 0 Å². The molecule has 0 fully saturated rings. The third-order valence-corrected chi connectivity index (χ3v) is 3.44. The number of amides is 1. The molecule has 1 amide bonds. The van der Waals surface area contributed by atoms with E-state index in [1.54, 1.807) is 55.6 Å². The molecule has 0 heterocycles. The van der Waals surface area contributed by atoms with Gasteiger partial charge in [-0.25, -0.2) is 4.79 Å². The average Bonchev–Trinajstić information content (AvgIpc) is 2.64. The van der Waals surface area contributed by atoms with E-state index in [4.69, 9.17) is 25.8 Å². The van der Waals surface area contributed by atoms with Crippen LogP contribution in [-0.2, 0) is 20.9 Å². The second-order valence-corrected chi connectivity index (χ2v) is 5.46. The van der Waals surface area contributed by atoms with Crippen molar-refractivity contribution < 1.29 is 23.8 Å². The summed E-state index contributed by atoms with van der Waals surface area (Å²) >= 11 is 5.79. The number of hydrogen-bond donors (Lipinski definition) is 1. The fraction of sp³-hybridized carbons (Fsp3) is 0.222. The first-order chi connectivity index (χ1) is 12.1. The second kappa shape index (κ2) is 9.54. The Balaban J connectivity index is 1.64. The molecule has 2 rings (SSSR count). The lowest BCUT2D eigenvalue weighted by Gasteiger charge is -2.08. The van der Waals surface area contributed by atoms with Crippen LogP contribution in [0.4, 0.5) is 0 Å². The van der Waals surface area contributed by atoms with E-state index < -0.39 is 11.9 Å². The standard InChI is InChI=1S/C18H18ClNO5/c1-23-15-6-8-16(9-7-15)24-12-18(22)25-11-17(21)20-10-13-2-4-14(19)5-3-13/h2-9H,10-12H2,1H3,(H,20,21). The van der Waals surface area contributed by atoms with Crippen molar-refractivity contribution in [3.05, 3.63) is 59.1 Å². The van der Waals surface area contributed by atoms with Crippen LogP contribution >= 0.6 is 11.6 Å². The molecule has 0 aromatic heterocycles. The maximum absolute atomic E-state index is 11.7. The first-order valence-electron chi connectivity index (χ1n) is 7.50. The van der Waals surface area contributed by atoms with Crippen LogP contribution < -0.4 is 14.8 Å². The van der Waals surface area contributed by atoms with Crippen molar-refractivity contribution in [2.24, 2.45) is 0 Å². The van der Waals surface area contributed by atoms with Crippen molar-refractivity contribution in [2.45, 2.75) is 6.54 Å². The number of rotatable bonds is 8. The number of methoxy groups -OCH3 is 1. The summed E-state index contributed by atoms with van der Waals surface area (Å²) in [5.41, 5.74) is 0.895. The molecule has 0 aliphatic rings. The van der Waals surface area contributed by atoms with Crippen molar-refractivity contribution >= 4 is 23.5 Å². The average molecular weight is 364 g/mol. The first kappa shape index (κ1) is 18.6. The first-order valence-corrected chi connectivity index (χ1v) is 7.88. The lowest BCUT2D eigenvalue weighted by Crippen LogP contribution is -2.29. The largest absolute Gasteiger partial charge is 0.497 e. The molecule has 0 aliphatic carbocycles. The van der Waals surface area contributed by atoms with Gasteiger partial charge in [-0.1, -0.05) is 23.7 Å². The van der Waals surface area contributed by atoms with Gasteiger partial charge in [-0.05, 0) is 42.0 Å². The molecule has 0 saturated carbocycles. The summed E-state index contributed by atoms with van der Waals surface area (Å²) in [6, 6.07) is 13.8. The minimum absolute atomic E-state index is 0.281. The molecule has 2 aromatic carbocycles. The van der Waals surface area contributed by atoms with Crippen LogP contribution in [0.2, 0.25) is 5.02 Å². The fourth-order valence-electron chi connectivity index (χ4n) is 1.86. The molecule has 7 heteroatoms. The van der Waals surface area contributed by atoms with Gasteiger partial charge in [-0.15, -0.1) is 0 Å². The zero-order chi connectivity index (χ0) is 18.1. The Morgan fingerprint density at radius 1 is 0.960 bits per heavy atom. The Hall–Kier alpha value is -2.73. The summed E-state index contributed by atoms with van der Waals surface area (Å²) in [5, 5.41) is 3.27. The van der Waals surface area contributed by atoms with E-state index in [1.165, 1.54) is 0 Å². The third kappa shape index (κ3) is 6.73. The molecular formula is C18H18ClNO5. The molecular weight excluding hydrogens is 346 g/mol. The number of carbonyl (C=O) groups excluding carboxylic acids is 2. The monoisotopic (exact) mass is 363 g/mol. The summed E-state index contributed by atoms with van der Waals surface area (Å²) in [7, 11) is 1.56. The van der Waals surface area contributed by atoms with Crippen molar-refractivity contribution in [3.63, 3.8) is 0 Å². The summed E-state index contributed by atoms with van der Waals surface area (Å²) in [5.74, 6) is 0.169. The Morgan fingerprint density at radius 3 is 2.24 bits per heavy atom. The zero-order valence-corrected chi connectivity index (χ0v) is 14.4. The highest BCUT2D eigenvalue weighted by Crippen LogP contribution is 2.16. The van der Waals surface area contributed by atoms with Crippen LogP contribution in [0.5, 0.6) is 11.5 Å². The molecule has 0 aliphatic heterocycles. The molecule has 6 nitrogen and oxygen atoms in total. The maximum Gasteiger partial charge on any atom is 0.344 e. The quantitative estimate of drug-likeness (QED) is 0.730. The van der Waals surface area contributed by atoms with Gasteiger partial charge in [0.25, 0.3) is 5.91 Å². The minimum Gasteiger partial charge on any atom is -0.497 e. The van der Waals surface area contributed by atoms with E-state index >= 15 is 0 Å². The minimum atomic E-state index is -0.627. The van der Waals surface area contributed by atoms with Crippen molar-refractivity contribution in [2.75, 3.05) is 20.3 Å². The molecule has 0 unspecified atom stereocenters. The van der Waals surface area contributed by atoms with Crippen molar-refractivity contribution in [1.82, 2.24) is 5.32 Å².